The largest absolute Gasteiger partial charge is 0.508 e. The minimum atomic E-state index is 0.0749. The molecule has 0 radical (unpaired) electrons. The molecule has 0 aliphatic carbocycles. The fourth-order valence-electron chi connectivity index (χ4n) is 1.56. The molecule has 0 saturated heterocycles. The Hall–Kier alpha value is -1.48. The van der Waals surface area contributed by atoms with Crippen LogP contribution in [0.4, 0.5) is 0 Å². The van der Waals surface area contributed by atoms with Crippen molar-refractivity contribution in [3.8, 4) is 11.5 Å². The lowest BCUT2D eigenvalue weighted by atomic mass is 10.1. The van der Waals surface area contributed by atoms with Crippen molar-refractivity contribution in [1.82, 2.24) is 5.32 Å². The average molecular weight is 221 g/mol. The van der Waals surface area contributed by atoms with Gasteiger partial charge in [-0.2, -0.15) is 0 Å². The molecule has 3 N–H and O–H groups in total. The van der Waals surface area contributed by atoms with Crippen molar-refractivity contribution in [2.75, 3.05) is 6.54 Å². The lowest BCUT2D eigenvalue weighted by Gasteiger charge is -2.15. The molecule has 0 amide bonds. The number of benzene rings is 1. The highest BCUT2D eigenvalue weighted by Gasteiger charge is 2.09. The lowest BCUT2D eigenvalue weighted by Crippen LogP contribution is -2.19. The molecule has 0 bridgehead atoms. The third-order valence-electron chi connectivity index (χ3n) is 2.48. The average Bonchev–Trinajstić information content (AvgIpc) is 2.24. The van der Waals surface area contributed by atoms with Gasteiger partial charge in [-0.25, -0.2) is 0 Å². The van der Waals surface area contributed by atoms with Crippen molar-refractivity contribution < 1.29 is 10.2 Å². The number of hydrogen-bond donors (Lipinski definition) is 3. The Bertz CT molecular complexity index is 361. The molecule has 0 fully saturated rings. The van der Waals surface area contributed by atoms with E-state index >= 15 is 0 Å². The Morgan fingerprint density at radius 1 is 1.38 bits per heavy atom. The van der Waals surface area contributed by atoms with Gasteiger partial charge >= 0.3 is 0 Å². The maximum absolute atomic E-state index is 9.65. The molecule has 1 unspecified atom stereocenters. The summed E-state index contributed by atoms with van der Waals surface area (Å²) in [5.74, 6) is 0.216. The van der Waals surface area contributed by atoms with E-state index < -0.39 is 0 Å². The molecule has 0 spiro atoms. The number of hydrogen-bond acceptors (Lipinski definition) is 3. The van der Waals surface area contributed by atoms with Crippen molar-refractivity contribution in [3.05, 3.63) is 35.9 Å². The maximum atomic E-state index is 9.65. The summed E-state index contributed by atoms with van der Waals surface area (Å²) in [6.07, 6.45) is 5.08. The van der Waals surface area contributed by atoms with Gasteiger partial charge in [-0.3, -0.25) is 0 Å². The first-order chi connectivity index (χ1) is 7.65. The van der Waals surface area contributed by atoms with Crippen molar-refractivity contribution in [3.63, 3.8) is 0 Å². The number of rotatable bonds is 5. The highest BCUT2D eigenvalue weighted by atomic mass is 16.3. The van der Waals surface area contributed by atoms with Gasteiger partial charge in [0.15, 0.2) is 0 Å². The third kappa shape index (κ3) is 3.59. The second-order valence-corrected chi connectivity index (χ2v) is 3.78. The van der Waals surface area contributed by atoms with Gasteiger partial charge in [-0.15, -0.1) is 0 Å². The van der Waals surface area contributed by atoms with Crippen LogP contribution in [0.25, 0.3) is 0 Å². The zero-order chi connectivity index (χ0) is 12.0. The molecular formula is C13H19NO2. The van der Waals surface area contributed by atoms with E-state index in [2.05, 4.69) is 11.4 Å². The van der Waals surface area contributed by atoms with Crippen LogP contribution in [0.2, 0.25) is 0 Å². The second-order valence-electron chi connectivity index (χ2n) is 3.78. The van der Waals surface area contributed by atoms with E-state index in [0.29, 0.717) is 0 Å². The van der Waals surface area contributed by atoms with Crippen LogP contribution < -0.4 is 5.32 Å². The number of phenols is 2. The molecule has 0 aliphatic rings. The molecule has 1 atom stereocenters. The van der Waals surface area contributed by atoms with Gasteiger partial charge in [0.2, 0.25) is 0 Å². The molecular weight excluding hydrogens is 202 g/mol. The topological polar surface area (TPSA) is 52.5 Å². The molecule has 3 nitrogen and oxygen atoms in total. The van der Waals surface area contributed by atoms with Crippen LogP contribution in [0, 0.1) is 0 Å². The van der Waals surface area contributed by atoms with Gasteiger partial charge in [-0.05, 0) is 32.9 Å². The standard InChI is InChI=1S/C13H19NO2/c1-3-4-5-8-14-10(2)12-7-6-11(15)9-13(12)16/h3-4,6-7,9-10,14-16H,5,8H2,1-2H3/b4-3+. The van der Waals surface area contributed by atoms with E-state index in [4.69, 9.17) is 0 Å². The van der Waals surface area contributed by atoms with E-state index in [-0.39, 0.29) is 17.5 Å². The number of phenolic OH excluding ortho intramolecular Hbond substituents is 2. The Kier molecular flexibility index (Phi) is 4.86. The summed E-state index contributed by atoms with van der Waals surface area (Å²) in [5, 5.41) is 22.1. The fourth-order valence-corrected chi connectivity index (χ4v) is 1.56. The van der Waals surface area contributed by atoms with Crippen LogP contribution in [0.1, 0.15) is 31.9 Å². The van der Waals surface area contributed by atoms with Crippen LogP contribution in [0.3, 0.4) is 0 Å². The predicted molar refractivity (Wildman–Crippen MR) is 65.6 cm³/mol. The smallest absolute Gasteiger partial charge is 0.124 e. The van der Waals surface area contributed by atoms with Gasteiger partial charge in [-0.1, -0.05) is 18.2 Å². The van der Waals surface area contributed by atoms with Gasteiger partial charge in [0.05, 0.1) is 0 Å². The molecule has 1 aromatic rings. The Balaban J connectivity index is 2.55. The summed E-state index contributed by atoms with van der Waals surface area (Å²) >= 11 is 0. The van der Waals surface area contributed by atoms with Gasteiger partial charge in [0.25, 0.3) is 0 Å². The van der Waals surface area contributed by atoms with Crippen molar-refractivity contribution in [1.29, 1.82) is 0 Å². The zero-order valence-electron chi connectivity index (χ0n) is 9.77. The first kappa shape index (κ1) is 12.6. The van der Waals surface area contributed by atoms with Crippen molar-refractivity contribution in [2.24, 2.45) is 0 Å². The van der Waals surface area contributed by atoms with Gasteiger partial charge in [0.1, 0.15) is 11.5 Å². The quantitative estimate of drug-likeness (QED) is 0.529. The lowest BCUT2D eigenvalue weighted by molar-refractivity contribution is 0.436. The normalized spacial score (nSPS) is 13.1. The summed E-state index contributed by atoms with van der Waals surface area (Å²) in [6.45, 7) is 4.85. The minimum Gasteiger partial charge on any atom is -0.508 e. The summed E-state index contributed by atoms with van der Waals surface area (Å²) in [4.78, 5) is 0. The number of nitrogens with one attached hydrogen (secondary N) is 1. The molecule has 0 aliphatic heterocycles. The summed E-state index contributed by atoms with van der Waals surface area (Å²) < 4.78 is 0. The predicted octanol–water partition coefficient (Wildman–Crippen LogP) is 2.71. The molecule has 88 valence electrons. The van der Waals surface area contributed by atoms with Crippen LogP contribution in [0.15, 0.2) is 30.4 Å². The van der Waals surface area contributed by atoms with Crippen LogP contribution in [-0.4, -0.2) is 16.8 Å². The van der Waals surface area contributed by atoms with Crippen LogP contribution in [0.5, 0.6) is 11.5 Å². The fraction of sp³-hybridized carbons (Fsp3) is 0.385. The monoisotopic (exact) mass is 221 g/mol. The third-order valence-corrected chi connectivity index (χ3v) is 2.48. The Labute approximate surface area is 96.4 Å². The van der Waals surface area contributed by atoms with E-state index in [9.17, 15) is 10.2 Å². The first-order valence-electron chi connectivity index (χ1n) is 5.51. The van der Waals surface area contributed by atoms with Crippen molar-refractivity contribution >= 4 is 0 Å². The van der Waals surface area contributed by atoms with E-state index in [1.807, 2.05) is 19.9 Å². The summed E-state index contributed by atoms with van der Waals surface area (Å²) in [5.41, 5.74) is 0.804. The Morgan fingerprint density at radius 3 is 2.75 bits per heavy atom. The number of allylic oxidation sites excluding steroid dienone is 1. The molecule has 1 rings (SSSR count). The van der Waals surface area contributed by atoms with Gasteiger partial charge in [0, 0.05) is 17.7 Å². The molecule has 0 heterocycles. The Morgan fingerprint density at radius 2 is 2.12 bits per heavy atom. The van der Waals surface area contributed by atoms with E-state index in [0.717, 1.165) is 18.5 Å². The number of aromatic hydroxyl groups is 2. The van der Waals surface area contributed by atoms with E-state index in [1.165, 1.54) is 6.07 Å². The highest BCUT2D eigenvalue weighted by molar-refractivity contribution is 5.40. The minimum absolute atomic E-state index is 0.0749. The zero-order valence-corrected chi connectivity index (χ0v) is 9.77. The van der Waals surface area contributed by atoms with Crippen LogP contribution >= 0.6 is 0 Å². The summed E-state index contributed by atoms with van der Waals surface area (Å²) in [7, 11) is 0. The molecule has 3 heteroatoms. The highest BCUT2D eigenvalue weighted by Crippen LogP contribution is 2.27. The van der Waals surface area contributed by atoms with E-state index in [1.54, 1.807) is 12.1 Å². The van der Waals surface area contributed by atoms with Crippen molar-refractivity contribution in [2.45, 2.75) is 26.3 Å². The van der Waals surface area contributed by atoms with Gasteiger partial charge < -0.3 is 15.5 Å². The molecule has 0 aromatic heterocycles. The molecule has 1 aromatic carbocycles. The van der Waals surface area contributed by atoms with Crippen LogP contribution in [-0.2, 0) is 0 Å². The molecule has 0 saturated carbocycles. The summed E-state index contributed by atoms with van der Waals surface area (Å²) in [6, 6.07) is 4.75. The first-order valence-corrected chi connectivity index (χ1v) is 5.51. The maximum Gasteiger partial charge on any atom is 0.124 e. The second kappa shape index (κ2) is 6.18. The molecule has 16 heavy (non-hydrogen) atoms. The SMILES string of the molecule is C/C=C/CCNC(C)c1ccc(O)cc1O.